The summed E-state index contributed by atoms with van der Waals surface area (Å²) in [5, 5.41) is 6.20. The van der Waals surface area contributed by atoms with Crippen LogP contribution < -0.4 is 10.6 Å². The van der Waals surface area contributed by atoms with Gasteiger partial charge in [0.25, 0.3) is 0 Å². The van der Waals surface area contributed by atoms with E-state index in [1.54, 1.807) is 0 Å². The van der Waals surface area contributed by atoms with E-state index >= 15 is 0 Å². The Bertz CT molecular complexity index is 574. The Labute approximate surface area is 156 Å². The molecule has 1 aliphatic heterocycles. The highest BCUT2D eigenvalue weighted by molar-refractivity contribution is 5.89. The van der Waals surface area contributed by atoms with Crippen LogP contribution in [0.1, 0.15) is 57.8 Å². The van der Waals surface area contributed by atoms with Crippen LogP contribution in [0, 0.1) is 5.92 Å². The van der Waals surface area contributed by atoms with Gasteiger partial charge in [-0.1, -0.05) is 50.3 Å². The number of carbonyl (C=O) groups is 2. The smallest absolute Gasteiger partial charge is 0.321 e. The lowest BCUT2D eigenvalue weighted by Gasteiger charge is -2.32. The summed E-state index contributed by atoms with van der Waals surface area (Å²) < 4.78 is 0. The number of urea groups is 1. The summed E-state index contributed by atoms with van der Waals surface area (Å²) in [5.74, 6) is 0.236. The summed E-state index contributed by atoms with van der Waals surface area (Å²) in [6.07, 6.45) is 10.1. The predicted octanol–water partition coefficient (Wildman–Crippen LogP) is 4.16. The zero-order valence-electron chi connectivity index (χ0n) is 15.6. The molecular formula is C21H31N3O2. The molecule has 1 saturated heterocycles. The molecule has 1 aliphatic carbocycles. The molecular weight excluding hydrogens is 326 g/mol. The van der Waals surface area contributed by atoms with Crippen LogP contribution in [0.15, 0.2) is 30.3 Å². The van der Waals surface area contributed by atoms with Crippen molar-refractivity contribution in [3.05, 3.63) is 30.3 Å². The first-order valence-corrected chi connectivity index (χ1v) is 10.1. The van der Waals surface area contributed by atoms with Gasteiger partial charge in [0.15, 0.2) is 0 Å². The van der Waals surface area contributed by atoms with Gasteiger partial charge in [-0.05, 0) is 37.8 Å². The first kappa shape index (κ1) is 18.7. The Balaban J connectivity index is 1.42. The van der Waals surface area contributed by atoms with Crippen molar-refractivity contribution < 1.29 is 9.59 Å². The number of anilines is 1. The normalized spacial score (nSPS) is 20.1. The molecule has 5 nitrogen and oxygen atoms in total. The van der Waals surface area contributed by atoms with Gasteiger partial charge in [0, 0.05) is 30.7 Å². The number of nitrogens with one attached hydrogen (secondary N) is 2. The van der Waals surface area contributed by atoms with Crippen molar-refractivity contribution >= 4 is 17.6 Å². The molecule has 0 atom stereocenters. The third kappa shape index (κ3) is 5.48. The fourth-order valence-electron chi connectivity index (χ4n) is 3.99. The molecule has 0 unspecified atom stereocenters. The predicted molar refractivity (Wildman–Crippen MR) is 104 cm³/mol. The summed E-state index contributed by atoms with van der Waals surface area (Å²) >= 11 is 0. The number of hydrogen-bond donors (Lipinski definition) is 2. The molecule has 0 spiro atoms. The zero-order chi connectivity index (χ0) is 18.2. The lowest BCUT2D eigenvalue weighted by atomic mass is 9.93. The van der Waals surface area contributed by atoms with Gasteiger partial charge in [0.05, 0.1) is 0 Å². The van der Waals surface area contributed by atoms with Crippen LogP contribution in [0.25, 0.3) is 0 Å². The van der Waals surface area contributed by atoms with Crippen molar-refractivity contribution in [2.75, 3.05) is 18.4 Å². The maximum atomic E-state index is 12.6. The van der Waals surface area contributed by atoms with Gasteiger partial charge in [-0.15, -0.1) is 0 Å². The maximum Gasteiger partial charge on any atom is 0.321 e. The number of hydrogen-bond acceptors (Lipinski definition) is 2. The number of piperidine rings is 1. The zero-order valence-corrected chi connectivity index (χ0v) is 15.6. The molecule has 26 heavy (non-hydrogen) atoms. The summed E-state index contributed by atoms with van der Waals surface area (Å²) in [6.45, 7) is 1.28. The van der Waals surface area contributed by atoms with E-state index in [0.717, 1.165) is 31.4 Å². The minimum absolute atomic E-state index is 0.0428. The Hall–Kier alpha value is -2.04. The Kier molecular flexibility index (Phi) is 6.92. The van der Waals surface area contributed by atoms with Crippen LogP contribution in [0.3, 0.4) is 0 Å². The van der Waals surface area contributed by atoms with Gasteiger partial charge in [-0.3, -0.25) is 4.79 Å². The number of benzene rings is 1. The van der Waals surface area contributed by atoms with E-state index in [1.807, 2.05) is 35.2 Å². The molecule has 0 aromatic heterocycles. The van der Waals surface area contributed by atoms with Crippen LogP contribution in [-0.4, -0.2) is 36.0 Å². The maximum absolute atomic E-state index is 12.6. The van der Waals surface area contributed by atoms with Gasteiger partial charge in [-0.25, -0.2) is 4.79 Å². The number of nitrogens with zero attached hydrogens (tertiary/aromatic N) is 1. The van der Waals surface area contributed by atoms with Crippen molar-refractivity contribution in [1.29, 1.82) is 0 Å². The van der Waals surface area contributed by atoms with E-state index in [9.17, 15) is 9.59 Å². The molecule has 0 bridgehead atoms. The Morgan fingerprint density at radius 1 is 0.846 bits per heavy atom. The molecule has 142 valence electrons. The first-order chi connectivity index (χ1) is 12.7. The molecule has 5 heteroatoms. The van der Waals surface area contributed by atoms with E-state index < -0.39 is 0 Å². The van der Waals surface area contributed by atoms with Gasteiger partial charge in [0.1, 0.15) is 0 Å². The highest BCUT2D eigenvalue weighted by Crippen LogP contribution is 2.21. The van der Waals surface area contributed by atoms with Crippen molar-refractivity contribution in [3.8, 4) is 0 Å². The number of para-hydroxylation sites is 1. The molecule has 1 saturated carbocycles. The Morgan fingerprint density at radius 2 is 1.46 bits per heavy atom. The van der Waals surface area contributed by atoms with Crippen molar-refractivity contribution in [2.24, 2.45) is 5.92 Å². The average molecular weight is 357 g/mol. The topological polar surface area (TPSA) is 61.4 Å². The third-order valence-corrected chi connectivity index (χ3v) is 5.63. The molecule has 2 aliphatic rings. The first-order valence-electron chi connectivity index (χ1n) is 10.1. The SMILES string of the molecule is O=C(NC1CCCCCCC1)C1CCN(C(=O)Nc2ccccc2)CC1. The van der Waals surface area contributed by atoms with Crippen LogP contribution in [0.4, 0.5) is 10.5 Å². The minimum Gasteiger partial charge on any atom is -0.353 e. The summed E-state index contributed by atoms with van der Waals surface area (Å²) in [5.41, 5.74) is 0.807. The molecule has 1 aromatic carbocycles. The second-order valence-corrected chi connectivity index (χ2v) is 7.61. The molecule has 3 rings (SSSR count). The van der Waals surface area contributed by atoms with E-state index in [4.69, 9.17) is 0 Å². The lowest BCUT2D eigenvalue weighted by molar-refractivity contribution is -0.127. The highest BCUT2D eigenvalue weighted by atomic mass is 16.2. The molecule has 1 aromatic rings. The minimum atomic E-state index is -0.0740. The molecule has 2 fully saturated rings. The van der Waals surface area contributed by atoms with Gasteiger partial charge < -0.3 is 15.5 Å². The van der Waals surface area contributed by atoms with E-state index in [2.05, 4.69) is 10.6 Å². The second kappa shape index (κ2) is 9.60. The van der Waals surface area contributed by atoms with Crippen molar-refractivity contribution in [1.82, 2.24) is 10.2 Å². The van der Waals surface area contributed by atoms with E-state index in [1.165, 1.54) is 32.1 Å². The standard InChI is InChI=1S/C21H31N3O2/c25-20(22-18-9-5-2-1-3-6-10-18)17-13-15-24(16-14-17)21(26)23-19-11-7-4-8-12-19/h4,7-8,11-12,17-18H,1-3,5-6,9-10,13-16H2,(H,22,25)(H,23,26). The van der Waals surface area contributed by atoms with Crippen LogP contribution in [0.5, 0.6) is 0 Å². The second-order valence-electron chi connectivity index (χ2n) is 7.61. The quantitative estimate of drug-likeness (QED) is 0.853. The van der Waals surface area contributed by atoms with Crippen LogP contribution in [-0.2, 0) is 4.79 Å². The fraction of sp³-hybridized carbons (Fsp3) is 0.619. The number of rotatable bonds is 3. The molecule has 2 N–H and O–H groups in total. The number of amides is 3. The van der Waals surface area contributed by atoms with Crippen molar-refractivity contribution in [3.63, 3.8) is 0 Å². The van der Waals surface area contributed by atoms with Crippen molar-refractivity contribution in [2.45, 2.75) is 63.8 Å². The van der Waals surface area contributed by atoms with Crippen LogP contribution in [0.2, 0.25) is 0 Å². The van der Waals surface area contributed by atoms with Gasteiger partial charge >= 0.3 is 6.03 Å². The summed E-state index contributed by atoms with van der Waals surface area (Å²) in [6, 6.07) is 9.77. The van der Waals surface area contributed by atoms with E-state index in [0.29, 0.717) is 19.1 Å². The summed E-state index contributed by atoms with van der Waals surface area (Å²) in [7, 11) is 0. The van der Waals surface area contributed by atoms with Gasteiger partial charge in [0.2, 0.25) is 5.91 Å². The largest absolute Gasteiger partial charge is 0.353 e. The molecule has 3 amide bonds. The third-order valence-electron chi connectivity index (χ3n) is 5.63. The van der Waals surface area contributed by atoms with E-state index in [-0.39, 0.29) is 17.9 Å². The van der Waals surface area contributed by atoms with Crippen LogP contribution >= 0.6 is 0 Å². The number of carbonyl (C=O) groups excluding carboxylic acids is 2. The summed E-state index contributed by atoms with van der Waals surface area (Å²) in [4.78, 5) is 26.8. The monoisotopic (exact) mass is 357 g/mol. The fourth-order valence-corrected chi connectivity index (χ4v) is 3.99. The van der Waals surface area contributed by atoms with Gasteiger partial charge in [-0.2, -0.15) is 0 Å². The molecule has 0 radical (unpaired) electrons. The Morgan fingerprint density at radius 3 is 2.12 bits per heavy atom. The highest BCUT2D eigenvalue weighted by Gasteiger charge is 2.28. The number of likely N-dealkylation sites (tertiary alicyclic amines) is 1. The lowest BCUT2D eigenvalue weighted by Crippen LogP contribution is -2.46. The average Bonchev–Trinajstić information content (AvgIpc) is 2.64. The molecule has 1 heterocycles.